The molecule has 126 valence electrons. The van der Waals surface area contributed by atoms with Gasteiger partial charge in [0.15, 0.2) is 0 Å². The van der Waals surface area contributed by atoms with E-state index >= 15 is 0 Å². The second kappa shape index (κ2) is 6.71. The van der Waals surface area contributed by atoms with E-state index in [1.807, 2.05) is 12.1 Å². The van der Waals surface area contributed by atoms with E-state index in [1.54, 1.807) is 17.2 Å². The summed E-state index contributed by atoms with van der Waals surface area (Å²) in [6, 6.07) is 3.77. The number of nitrogens with zero attached hydrogens (tertiary/aromatic N) is 5. The van der Waals surface area contributed by atoms with Crippen molar-refractivity contribution in [2.45, 2.75) is 45.1 Å². The zero-order valence-corrected chi connectivity index (χ0v) is 13.9. The monoisotopic (exact) mass is 325 g/mol. The Labute approximate surface area is 141 Å². The van der Waals surface area contributed by atoms with Gasteiger partial charge in [0, 0.05) is 31.9 Å². The lowest BCUT2D eigenvalue weighted by Gasteiger charge is -2.32. The van der Waals surface area contributed by atoms with Crippen LogP contribution in [0.15, 0.2) is 29.5 Å². The minimum atomic E-state index is 0.0638. The summed E-state index contributed by atoms with van der Waals surface area (Å²) in [5.41, 5.74) is 2.37. The third-order valence-corrected chi connectivity index (χ3v) is 5.21. The first kappa shape index (κ1) is 15.3. The fourth-order valence-electron chi connectivity index (χ4n) is 3.79. The quantitative estimate of drug-likeness (QED) is 0.861. The van der Waals surface area contributed by atoms with Crippen molar-refractivity contribution in [3.8, 4) is 0 Å². The molecule has 4 rings (SSSR count). The molecule has 0 amide bonds. The lowest BCUT2D eigenvalue weighted by molar-refractivity contribution is 0.331. The first-order valence-electron chi connectivity index (χ1n) is 8.90. The predicted octanol–water partition coefficient (Wildman–Crippen LogP) is 1.83. The summed E-state index contributed by atoms with van der Waals surface area (Å²) in [5.74, 6) is 1.50. The fourth-order valence-corrected chi connectivity index (χ4v) is 3.79. The smallest absolute Gasteiger partial charge is 0.267 e. The number of hydrogen-bond acceptors (Lipinski definition) is 5. The normalized spacial score (nSPS) is 18.4. The van der Waals surface area contributed by atoms with Crippen LogP contribution >= 0.6 is 0 Å². The van der Waals surface area contributed by atoms with Crippen LogP contribution in [0.25, 0.3) is 0 Å². The van der Waals surface area contributed by atoms with Gasteiger partial charge in [0.05, 0.1) is 5.69 Å². The Hall–Kier alpha value is -2.24. The Kier molecular flexibility index (Phi) is 4.28. The van der Waals surface area contributed by atoms with E-state index in [9.17, 15) is 4.79 Å². The van der Waals surface area contributed by atoms with Crippen LogP contribution in [-0.4, -0.2) is 32.8 Å². The molecule has 0 unspecified atom stereocenters. The maximum atomic E-state index is 12.3. The molecule has 0 atom stereocenters. The highest BCUT2D eigenvalue weighted by Crippen LogP contribution is 2.23. The van der Waals surface area contributed by atoms with Crippen LogP contribution < -0.4 is 10.5 Å². The molecule has 2 aromatic rings. The lowest BCUT2D eigenvalue weighted by atomic mass is 9.96. The van der Waals surface area contributed by atoms with Gasteiger partial charge in [-0.1, -0.05) is 0 Å². The average molecular weight is 325 g/mol. The molecule has 0 saturated carbocycles. The fraction of sp³-hybridized carbons (Fsp3) is 0.556. The first-order valence-corrected chi connectivity index (χ1v) is 8.90. The van der Waals surface area contributed by atoms with E-state index in [0.29, 0.717) is 5.92 Å². The molecule has 1 fully saturated rings. The maximum absolute atomic E-state index is 12.3. The van der Waals surface area contributed by atoms with Crippen molar-refractivity contribution in [1.29, 1.82) is 0 Å². The van der Waals surface area contributed by atoms with Gasteiger partial charge in [-0.15, -0.1) is 0 Å². The molecule has 0 radical (unpaired) electrons. The van der Waals surface area contributed by atoms with Gasteiger partial charge in [-0.3, -0.25) is 4.79 Å². The van der Waals surface area contributed by atoms with Crippen molar-refractivity contribution in [2.75, 3.05) is 18.0 Å². The lowest BCUT2D eigenvalue weighted by Crippen LogP contribution is -2.37. The van der Waals surface area contributed by atoms with E-state index in [4.69, 9.17) is 0 Å². The number of fused-ring (bicyclic) bond motifs is 1. The summed E-state index contributed by atoms with van der Waals surface area (Å²) < 4.78 is 1.70. The molecular formula is C18H23N5O. The summed E-state index contributed by atoms with van der Waals surface area (Å²) in [6.07, 6.45) is 9.90. The number of aromatic nitrogens is 4. The number of piperidine rings is 1. The number of aryl methyl sites for hydroxylation is 2. The van der Waals surface area contributed by atoms with Crippen LogP contribution in [0.2, 0.25) is 0 Å². The van der Waals surface area contributed by atoms with Gasteiger partial charge in [0.25, 0.3) is 5.56 Å². The Morgan fingerprint density at radius 3 is 2.79 bits per heavy atom. The predicted molar refractivity (Wildman–Crippen MR) is 92.1 cm³/mol. The van der Waals surface area contributed by atoms with Gasteiger partial charge in [-0.25, -0.2) is 14.6 Å². The molecule has 6 nitrogen and oxygen atoms in total. The summed E-state index contributed by atoms with van der Waals surface area (Å²) in [6.45, 7) is 2.69. The number of anilines is 1. The van der Waals surface area contributed by atoms with Crippen molar-refractivity contribution in [3.63, 3.8) is 0 Å². The molecule has 0 spiro atoms. The molecule has 2 aliphatic rings. The van der Waals surface area contributed by atoms with Gasteiger partial charge in [-0.05, 0) is 56.1 Å². The third-order valence-electron chi connectivity index (χ3n) is 5.21. The van der Waals surface area contributed by atoms with Gasteiger partial charge in [0.2, 0.25) is 0 Å². The number of rotatable bonds is 3. The van der Waals surface area contributed by atoms with Gasteiger partial charge in [-0.2, -0.15) is 5.10 Å². The Balaban J connectivity index is 1.41. The third kappa shape index (κ3) is 3.18. The van der Waals surface area contributed by atoms with Gasteiger partial charge >= 0.3 is 0 Å². The van der Waals surface area contributed by atoms with E-state index in [-0.39, 0.29) is 5.56 Å². The van der Waals surface area contributed by atoms with E-state index < -0.39 is 0 Å². The average Bonchev–Trinajstić information content (AvgIpc) is 2.64. The molecular weight excluding hydrogens is 302 g/mol. The molecule has 24 heavy (non-hydrogen) atoms. The summed E-state index contributed by atoms with van der Waals surface area (Å²) >= 11 is 0. The first-order chi connectivity index (χ1) is 11.8. The van der Waals surface area contributed by atoms with Crippen LogP contribution in [0.4, 0.5) is 5.82 Å². The van der Waals surface area contributed by atoms with Crippen LogP contribution in [0.3, 0.4) is 0 Å². The molecule has 2 aromatic heterocycles. The van der Waals surface area contributed by atoms with Crippen LogP contribution in [0.1, 0.15) is 36.9 Å². The van der Waals surface area contributed by atoms with Crippen molar-refractivity contribution in [3.05, 3.63) is 46.3 Å². The van der Waals surface area contributed by atoms with Gasteiger partial charge < -0.3 is 4.90 Å². The van der Waals surface area contributed by atoms with Crippen LogP contribution in [0.5, 0.6) is 0 Å². The van der Waals surface area contributed by atoms with Gasteiger partial charge in [0.1, 0.15) is 12.1 Å². The van der Waals surface area contributed by atoms with Crippen molar-refractivity contribution in [2.24, 2.45) is 5.92 Å². The van der Waals surface area contributed by atoms with Crippen molar-refractivity contribution in [1.82, 2.24) is 19.7 Å². The Bertz CT molecular complexity index is 750. The molecule has 6 heteroatoms. The highest BCUT2D eigenvalue weighted by atomic mass is 16.1. The highest BCUT2D eigenvalue weighted by molar-refractivity contribution is 5.36. The SMILES string of the molecule is O=c1cc2c(nn1CC1CCN(c3ccncn3)CC1)CCCC2. The minimum absolute atomic E-state index is 0.0638. The van der Waals surface area contributed by atoms with Crippen LogP contribution in [0, 0.1) is 5.92 Å². The van der Waals surface area contributed by atoms with Crippen molar-refractivity contribution >= 4 is 5.82 Å². The molecule has 0 bridgehead atoms. The summed E-state index contributed by atoms with van der Waals surface area (Å²) in [7, 11) is 0. The van der Waals surface area contributed by atoms with E-state index in [0.717, 1.165) is 56.8 Å². The maximum Gasteiger partial charge on any atom is 0.267 e. The Morgan fingerprint density at radius 2 is 2.00 bits per heavy atom. The topological polar surface area (TPSA) is 63.9 Å². The largest absolute Gasteiger partial charge is 0.357 e. The molecule has 1 aliphatic heterocycles. The van der Waals surface area contributed by atoms with Crippen LogP contribution in [-0.2, 0) is 19.4 Å². The second-order valence-corrected chi connectivity index (χ2v) is 6.84. The zero-order chi connectivity index (χ0) is 16.4. The van der Waals surface area contributed by atoms with E-state index in [2.05, 4.69) is 20.0 Å². The standard InChI is InChI=1S/C18H23N5O/c24-18-11-15-3-1-2-4-16(15)21-23(18)12-14-6-9-22(10-7-14)17-5-8-19-13-20-17/h5,8,11,13-14H,1-4,6-7,9-10,12H2. The highest BCUT2D eigenvalue weighted by Gasteiger charge is 2.22. The number of hydrogen-bond donors (Lipinski definition) is 0. The minimum Gasteiger partial charge on any atom is -0.357 e. The molecule has 0 N–H and O–H groups in total. The van der Waals surface area contributed by atoms with E-state index in [1.165, 1.54) is 18.4 Å². The molecule has 1 aliphatic carbocycles. The summed E-state index contributed by atoms with van der Waals surface area (Å²) in [4.78, 5) is 22.9. The second-order valence-electron chi connectivity index (χ2n) is 6.84. The molecule has 0 aromatic carbocycles. The Morgan fingerprint density at radius 1 is 1.17 bits per heavy atom. The molecule has 1 saturated heterocycles. The zero-order valence-electron chi connectivity index (χ0n) is 13.9. The molecule has 3 heterocycles. The summed E-state index contributed by atoms with van der Waals surface area (Å²) in [5, 5.41) is 4.65. The van der Waals surface area contributed by atoms with Crippen molar-refractivity contribution < 1.29 is 0 Å².